The Bertz CT molecular complexity index is 628. The number of azide groups is 1. The molecule has 0 spiro atoms. The van der Waals surface area contributed by atoms with Gasteiger partial charge in [-0.05, 0) is 62.9 Å². The van der Waals surface area contributed by atoms with Crippen molar-refractivity contribution < 1.29 is 14.0 Å². The fourth-order valence-corrected chi connectivity index (χ4v) is 3.98. The maximum absolute atomic E-state index is 12.9. The van der Waals surface area contributed by atoms with Crippen molar-refractivity contribution in [2.45, 2.75) is 90.5 Å². The van der Waals surface area contributed by atoms with E-state index in [4.69, 9.17) is 9.96 Å². The van der Waals surface area contributed by atoms with Gasteiger partial charge in [-0.3, -0.25) is 14.5 Å². The third kappa shape index (κ3) is 11.9. The minimum Gasteiger partial charge on any atom is -0.415 e. The first kappa shape index (κ1) is 30.4. The third-order valence-electron chi connectivity index (χ3n) is 5.99. The van der Waals surface area contributed by atoms with Gasteiger partial charge in [0.15, 0.2) is 8.32 Å². The number of carbonyl (C=O) groups is 2. The van der Waals surface area contributed by atoms with E-state index in [1.54, 1.807) is 0 Å². The van der Waals surface area contributed by atoms with Crippen molar-refractivity contribution in [1.82, 2.24) is 15.5 Å². The smallest absolute Gasteiger partial charge is 0.242 e. The SMILES string of the molecule is CC(C)CC(C(=O)NC(CCCCN=[N+]=[N-])C(=O)NCCO[Si](C)(C)C(C)(C)C)N(C)C. The summed E-state index contributed by atoms with van der Waals surface area (Å²) in [4.78, 5) is 30.4. The van der Waals surface area contributed by atoms with E-state index in [0.29, 0.717) is 51.3 Å². The first-order valence-electron chi connectivity index (χ1n) is 11.6. The van der Waals surface area contributed by atoms with Crippen LogP contribution in [0.15, 0.2) is 5.11 Å². The summed E-state index contributed by atoms with van der Waals surface area (Å²) in [7, 11) is 1.88. The number of hydrogen-bond acceptors (Lipinski definition) is 5. The summed E-state index contributed by atoms with van der Waals surface area (Å²) in [6.07, 6.45) is 2.55. The second-order valence-electron chi connectivity index (χ2n) is 10.5. The molecule has 2 atom stereocenters. The zero-order chi connectivity index (χ0) is 24.9. The van der Waals surface area contributed by atoms with E-state index in [1.165, 1.54) is 0 Å². The lowest BCUT2D eigenvalue weighted by Crippen LogP contribution is -2.53. The van der Waals surface area contributed by atoms with Gasteiger partial charge in [-0.2, -0.15) is 0 Å². The van der Waals surface area contributed by atoms with Gasteiger partial charge in [-0.1, -0.05) is 46.2 Å². The molecule has 0 aromatic carbocycles. The highest BCUT2D eigenvalue weighted by Crippen LogP contribution is 2.36. The number of carbonyl (C=O) groups excluding carboxylic acids is 2. The normalized spacial score (nSPS) is 14.1. The number of amides is 2. The van der Waals surface area contributed by atoms with Crippen molar-refractivity contribution >= 4 is 20.1 Å². The molecule has 2 amide bonds. The molecule has 0 radical (unpaired) electrons. The number of rotatable bonds is 15. The van der Waals surface area contributed by atoms with Gasteiger partial charge in [-0.25, -0.2) is 0 Å². The Morgan fingerprint density at radius 3 is 2.28 bits per heavy atom. The van der Waals surface area contributed by atoms with Crippen LogP contribution < -0.4 is 10.6 Å². The largest absolute Gasteiger partial charge is 0.415 e. The minimum atomic E-state index is -1.87. The van der Waals surface area contributed by atoms with E-state index < -0.39 is 14.4 Å². The van der Waals surface area contributed by atoms with Gasteiger partial charge in [0.05, 0.1) is 12.6 Å². The van der Waals surface area contributed by atoms with Crippen LogP contribution in [0.2, 0.25) is 18.1 Å². The molecule has 186 valence electrons. The Morgan fingerprint density at radius 1 is 1.16 bits per heavy atom. The predicted octanol–water partition coefficient (Wildman–Crippen LogP) is 4.07. The molecule has 0 bridgehead atoms. The summed E-state index contributed by atoms with van der Waals surface area (Å²) in [5.74, 6) is 0.0104. The molecule has 0 aromatic rings. The van der Waals surface area contributed by atoms with Gasteiger partial charge in [-0.15, -0.1) is 0 Å². The van der Waals surface area contributed by atoms with Crippen LogP contribution in [0.5, 0.6) is 0 Å². The zero-order valence-corrected chi connectivity index (χ0v) is 22.7. The molecule has 0 aliphatic carbocycles. The van der Waals surface area contributed by atoms with Crippen LogP contribution >= 0.6 is 0 Å². The lowest BCUT2D eigenvalue weighted by molar-refractivity contribution is -0.132. The molecule has 0 heterocycles. The first-order valence-corrected chi connectivity index (χ1v) is 14.5. The molecule has 0 rings (SSSR count). The second kappa shape index (κ2) is 14.5. The lowest BCUT2D eigenvalue weighted by Gasteiger charge is -2.36. The average Bonchev–Trinajstić information content (AvgIpc) is 2.66. The Labute approximate surface area is 195 Å². The number of nitrogens with zero attached hydrogens (tertiary/aromatic N) is 4. The number of nitrogens with one attached hydrogen (secondary N) is 2. The lowest BCUT2D eigenvalue weighted by atomic mass is 10.0. The highest BCUT2D eigenvalue weighted by atomic mass is 28.4. The minimum absolute atomic E-state index is 0.108. The molecular formula is C22H46N6O3Si. The predicted molar refractivity (Wildman–Crippen MR) is 133 cm³/mol. The summed E-state index contributed by atoms with van der Waals surface area (Å²) >= 11 is 0. The number of hydrogen-bond donors (Lipinski definition) is 2. The molecular weight excluding hydrogens is 424 g/mol. The Balaban J connectivity index is 5.00. The van der Waals surface area contributed by atoms with Gasteiger partial charge < -0.3 is 15.1 Å². The average molecular weight is 471 g/mol. The Kier molecular flexibility index (Phi) is 13.8. The second-order valence-corrected chi connectivity index (χ2v) is 15.3. The molecule has 0 saturated carbocycles. The van der Waals surface area contributed by atoms with Crippen LogP contribution in [0.1, 0.15) is 60.3 Å². The van der Waals surface area contributed by atoms with Crippen molar-refractivity contribution in [2.75, 3.05) is 33.8 Å². The molecule has 9 nitrogen and oxygen atoms in total. The topological polar surface area (TPSA) is 119 Å². The maximum Gasteiger partial charge on any atom is 0.242 e. The molecule has 10 heteroatoms. The summed E-state index contributed by atoms with van der Waals surface area (Å²) in [5, 5.41) is 9.51. The Morgan fingerprint density at radius 2 is 1.78 bits per heavy atom. The van der Waals surface area contributed by atoms with Gasteiger partial charge >= 0.3 is 0 Å². The highest BCUT2D eigenvalue weighted by Gasteiger charge is 2.37. The fraction of sp³-hybridized carbons (Fsp3) is 0.909. The van der Waals surface area contributed by atoms with Crippen LogP contribution in [0.4, 0.5) is 0 Å². The Hall–Kier alpha value is -1.61. The van der Waals surface area contributed by atoms with Crippen LogP contribution in [0.25, 0.3) is 10.4 Å². The molecule has 32 heavy (non-hydrogen) atoms. The first-order chi connectivity index (χ1) is 14.7. The van der Waals surface area contributed by atoms with E-state index in [9.17, 15) is 9.59 Å². The summed E-state index contributed by atoms with van der Waals surface area (Å²) in [5.41, 5.74) is 8.42. The molecule has 2 N–H and O–H groups in total. The molecule has 0 aromatic heterocycles. The molecule has 2 unspecified atom stereocenters. The van der Waals surface area contributed by atoms with Gasteiger partial charge in [0.25, 0.3) is 0 Å². The maximum atomic E-state index is 12.9. The summed E-state index contributed by atoms with van der Waals surface area (Å²) in [6.45, 7) is 16.3. The van der Waals surface area contributed by atoms with E-state index >= 15 is 0 Å². The van der Waals surface area contributed by atoms with Crippen molar-refractivity contribution in [2.24, 2.45) is 11.0 Å². The summed E-state index contributed by atoms with van der Waals surface area (Å²) < 4.78 is 6.13. The van der Waals surface area contributed by atoms with Crippen molar-refractivity contribution in [3.8, 4) is 0 Å². The summed E-state index contributed by atoms with van der Waals surface area (Å²) in [6, 6.07) is -0.925. The van der Waals surface area contributed by atoms with E-state index in [1.807, 2.05) is 19.0 Å². The van der Waals surface area contributed by atoms with Crippen molar-refractivity contribution in [3.63, 3.8) is 0 Å². The molecule has 0 aliphatic heterocycles. The van der Waals surface area contributed by atoms with Gasteiger partial charge in [0.1, 0.15) is 6.04 Å². The molecule has 0 aliphatic rings. The van der Waals surface area contributed by atoms with Crippen molar-refractivity contribution in [1.29, 1.82) is 0 Å². The third-order valence-corrected chi connectivity index (χ3v) is 10.5. The highest BCUT2D eigenvalue weighted by molar-refractivity contribution is 6.74. The van der Waals surface area contributed by atoms with Crippen LogP contribution in [-0.4, -0.2) is 70.9 Å². The van der Waals surface area contributed by atoms with E-state index in [-0.39, 0.29) is 22.9 Å². The number of likely N-dealkylation sites (N-methyl/N-ethyl adjacent to an activating group) is 1. The monoisotopic (exact) mass is 470 g/mol. The van der Waals surface area contributed by atoms with Crippen LogP contribution in [-0.2, 0) is 14.0 Å². The fourth-order valence-electron chi connectivity index (χ4n) is 2.93. The number of unbranched alkanes of at least 4 members (excludes halogenated alkanes) is 1. The molecule has 0 fully saturated rings. The molecule has 0 saturated heterocycles. The van der Waals surface area contributed by atoms with Crippen LogP contribution in [0, 0.1) is 5.92 Å². The van der Waals surface area contributed by atoms with Gasteiger partial charge in [0.2, 0.25) is 11.8 Å². The quantitative estimate of drug-likeness (QED) is 0.123. The van der Waals surface area contributed by atoms with Crippen molar-refractivity contribution in [3.05, 3.63) is 10.4 Å². The van der Waals surface area contributed by atoms with E-state index in [2.05, 4.69) is 68.4 Å². The zero-order valence-electron chi connectivity index (χ0n) is 21.7. The standard InChI is InChI=1S/C22H46N6O3Si/c1-17(2)16-19(28(6)7)21(30)26-18(12-10-11-13-25-27-23)20(29)24-14-15-31-32(8,9)22(3,4)5/h17-19H,10-16H2,1-9H3,(H,24,29)(H,26,30). The van der Waals surface area contributed by atoms with Gasteiger partial charge in [0, 0.05) is 18.0 Å². The van der Waals surface area contributed by atoms with Crippen LogP contribution in [0.3, 0.4) is 0 Å². The van der Waals surface area contributed by atoms with E-state index in [0.717, 1.165) is 0 Å².